The van der Waals surface area contributed by atoms with Crippen LogP contribution in [-0.2, 0) is 0 Å². The number of carbonyl (C=O) groups excluding carboxylic acids is 1. The molecule has 2 aromatic rings. The van der Waals surface area contributed by atoms with Crippen molar-refractivity contribution in [2.75, 3.05) is 0 Å². The first kappa shape index (κ1) is 16.5. The minimum atomic E-state index is -0.614. The van der Waals surface area contributed by atoms with E-state index in [0.717, 1.165) is 10.0 Å². The average molecular weight is 384 g/mol. The molecule has 0 heterocycles. The van der Waals surface area contributed by atoms with Gasteiger partial charge in [-0.25, -0.2) is 0 Å². The molecule has 1 N–H and O–H groups in total. The number of amides is 1. The van der Waals surface area contributed by atoms with Gasteiger partial charge in [0.2, 0.25) is 0 Å². The van der Waals surface area contributed by atoms with Crippen molar-refractivity contribution in [1.29, 1.82) is 0 Å². The van der Waals surface area contributed by atoms with Gasteiger partial charge in [0.05, 0.1) is 11.0 Å². The number of hydrogen-bond donors (Lipinski definition) is 1. The molecule has 0 aliphatic carbocycles. The third kappa shape index (κ3) is 3.84. The fourth-order valence-electron chi connectivity index (χ4n) is 1.91. The van der Waals surface area contributed by atoms with Crippen LogP contribution in [0.25, 0.3) is 0 Å². The monoisotopic (exact) mass is 382 g/mol. The molecule has 5 nitrogen and oxygen atoms in total. The highest BCUT2D eigenvalue weighted by molar-refractivity contribution is 9.10. The van der Waals surface area contributed by atoms with Crippen molar-refractivity contribution in [1.82, 2.24) is 5.32 Å². The van der Waals surface area contributed by atoms with Crippen LogP contribution in [0.2, 0.25) is 5.02 Å². The van der Waals surface area contributed by atoms with Crippen LogP contribution in [0.5, 0.6) is 0 Å². The fourth-order valence-corrected chi connectivity index (χ4v) is 2.36. The van der Waals surface area contributed by atoms with Gasteiger partial charge in [-0.15, -0.1) is 0 Å². The predicted molar refractivity (Wildman–Crippen MR) is 88.1 cm³/mol. The Labute approximate surface area is 140 Å². The van der Waals surface area contributed by atoms with E-state index < -0.39 is 10.8 Å². The Balaban J connectivity index is 2.16. The van der Waals surface area contributed by atoms with Crippen molar-refractivity contribution in [3.05, 3.63) is 73.2 Å². The molecular formula is C15H12BrClN2O3. The van der Waals surface area contributed by atoms with Gasteiger partial charge in [0.1, 0.15) is 5.02 Å². The zero-order valence-electron chi connectivity index (χ0n) is 11.5. The van der Waals surface area contributed by atoms with Gasteiger partial charge in [-0.3, -0.25) is 14.9 Å². The van der Waals surface area contributed by atoms with Crippen molar-refractivity contribution < 1.29 is 9.72 Å². The number of halogens is 2. The Morgan fingerprint density at radius 1 is 1.27 bits per heavy atom. The van der Waals surface area contributed by atoms with Crippen LogP contribution in [-0.4, -0.2) is 10.8 Å². The summed E-state index contributed by atoms with van der Waals surface area (Å²) in [6, 6.07) is 11.3. The van der Waals surface area contributed by atoms with Crippen molar-refractivity contribution in [3.63, 3.8) is 0 Å². The molecule has 7 heteroatoms. The van der Waals surface area contributed by atoms with Crippen molar-refractivity contribution in [2.45, 2.75) is 13.0 Å². The van der Waals surface area contributed by atoms with E-state index in [1.165, 1.54) is 18.2 Å². The highest BCUT2D eigenvalue weighted by Gasteiger charge is 2.17. The van der Waals surface area contributed by atoms with E-state index in [1.807, 2.05) is 31.2 Å². The molecule has 22 heavy (non-hydrogen) atoms. The van der Waals surface area contributed by atoms with Crippen molar-refractivity contribution >= 4 is 39.1 Å². The van der Waals surface area contributed by atoms with Gasteiger partial charge in [-0.05, 0) is 36.8 Å². The lowest BCUT2D eigenvalue weighted by molar-refractivity contribution is -0.384. The number of carbonyl (C=O) groups is 1. The number of nitrogens with one attached hydrogen (secondary N) is 1. The Morgan fingerprint density at radius 2 is 1.91 bits per heavy atom. The van der Waals surface area contributed by atoms with Gasteiger partial charge in [-0.1, -0.05) is 39.7 Å². The smallest absolute Gasteiger partial charge is 0.288 e. The third-order valence-corrected chi connectivity index (χ3v) is 3.97. The molecule has 0 aliphatic heterocycles. The van der Waals surface area contributed by atoms with E-state index in [9.17, 15) is 14.9 Å². The van der Waals surface area contributed by atoms with Crippen LogP contribution >= 0.6 is 27.5 Å². The maximum Gasteiger partial charge on any atom is 0.288 e. The van der Waals surface area contributed by atoms with Crippen molar-refractivity contribution in [3.8, 4) is 0 Å². The minimum absolute atomic E-state index is 0.00232. The number of hydrogen-bond acceptors (Lipinski definition) is 3. The van der Waals surface area contributed by atoms with Crippen LogP contribution in [0.3, 0.4) is 0 Å². The summed E-state index contributed by atoms with van der Waals surface area (Å²) in [7, 11) is 0. The molecule has 1 unspecified atom stereocenters. The molecule has 0 saturated carbocycles. The molecule has 2 rings (SSSR count). The summed E-state index contributed by atoms with van der Waals surface area (Å²) < 4.78 is 0.947. The minimum Gasteiger partial charge on any atom is -0.346 e. The molecule has 0 spiro atoms. The van der Waals surface area contributed by atoms with E-state index in [4.69, 9.17) is 11.6 Å². The van der Waals surface area contributed by atoms with E-state index in [-0.39, 0.29) is 22.3 Å². The van der Waals surface area contributed by atoms with Gasteiger partial charge in [0, 0.05) is 16.1 Å². The second kappa shape index (κ2) is 6.89. The number of nitro groups is 1. The van der Waals surface area contributed by atoms with Crippen LogP contribution in [0.4, 0.5) is 5.69 Å². The first-order valence-electron chi connectivity index (χ1n) is 6.38. The second-order valence-corrected chi connectivity index (χ2v) is 5.99. The maximum absolute atomic E-state index is 12.2. The SMILES string of the molecule is CC(NC(=O)c1ccc(Cl)c([N+](=O)[O-])c1)c1ccc(Br)cc1. The molecule has 0 fully saturated rings. The molecule has 2 aromatic carbocycles. The summed E-state index contributed by atoms with van der Waals surface area (Å²) in [4.78, 5) is 22.4. The first-order chi connectivity index (χ1) is 10.4. The van der Waals surface area contributed by atoms with E-state index in [2.05, 4.69) is 21.2 Å². The summed E-state index contributed by atoms with van der Waals surface area (Å²) >= 11 is 9.08. The Kier molecular flexibility index (Phi) is 5.15. The molecule has 0 bridgehead atoms. The van der Waals surface area contributed by atoms with Gasteiger partial charge in [0.25, 0.3) is 11.6 Å². The topological polar surface area (TPSA) is 72.2 Å². The third-order valence-electron chi connectivity index (χ3n) is 3.12. The highest BCUT2D eigenvalue weighted by atomic mass is 79.9. The number of rotatable bonds is 4. The van der Waals surface area contributed by atoms with Gasteiger partial charge < -0.3 is 5.32 Å². The quantitative estimate of drug-likeness (QED) is 0.624. The van der Waals surface area contributed by atoms with E-state index in [0.29, 0.717) is 0 Å². The van der Waals surface area contributed by atoms with Crippen LogP contribution in [0.1, 0.15) is 28.9 Å². The number of nitrogens with zero attached hydrogens (tertiary/aromatic N) is 1. The summed E-state index contributed by atoms with van der Waals surface area (Å²) in [5, 5.41) is 13.7. The Morgan fingerprint density at radius 3 is 2.50 bits per heavy atom. The summed E-state index contributed by atoms with van der Waals surface area (Å²) in [5.74, 6) is -0.393. The number of benzene rings is 2. The second-order valence-electron chi connectivity index (χ2n) is 4.67. The lowest BCUT2D eigenvalue weighted by Crippen LogP contribution is -2.26. The summed E-state index contributed by atoms with van der Waals surface area (Å²) in [5.41, 5.74) is 0.839. The predicted octanol–water partition coefficient (Wildman–Crippen LogP) is 4.50. The molecule has 1 amide bonds. The summed E-state index contributed by atoms with van der Waals surface area (Å²) in [6.07, 6.45) is 0. The van der Waals surface area contributed by atoms with Gasteiger partial charge >= 0.3 is 0 Å². The molecule has 0 aromatic heterocycles. The average Bonchev–Trinajstić information content (AvgIpc) is 2.47. The zero-order valence-corrected chi connectivity index (χ0v) is 13.9. The molecule has 0 radical (unpaired) electrons. The van der Waals surface area contributed by atoms with Crippen molar-refractivity contribution in [2.24, 2.45) is 0 Å². The van der Waals surface area contributed by atoms with Gasteiger partial charge in [-0.2, -0.15) is 0 Å². The molecule has 0 saturated heterocycles. The van der Waals surface area contributed by atoms with Crippen LogP contribution in [0, 0.1) is 10.1 Å². The largest absolute Gasteiger partial charge is 0.346 e. The Hall–Kier alpha value is -1.92. The first-order valence-corrected chi connectivity index (χ1v) is 7.56. The van der Waals surface area contributed by atoms with Crippen LogP contribution in [0.15, 0.2) is 46.9 Å². The van der Waals surface area contributed by atoms with Crippen LogP contribution < -0.4 is 5.32 Å². The maximum atomic E-state index is 12.2. The van der Waals surface area contributed by atoms with E-state index in [1.54, 1.807) is 0 Å². The number of nitro benzene ring substituents is 1. The fraction of sp³-hybridized carbons (Fsp3) is 0.133. The lowest BCUT2D eigenvalue weighted by Gasteiger charge is -2.14. The van der Waals surface area contributed by atoms with Gasteiger partial charge in [0.15, 0.2) is 0 Å². The normalized spacial score (nSPS) is 11.8. The highest BCUT2D eigenvalue weighted by Crippen LogP contribution is 2.25. The zero-order chi connectivity index (χ0) is 16.3. The summed E-state index contributed by atoms with van der Waals surface area (Å²) in [6.45, 7) is 1.84. The van der Waals surface area contributed by atoms with E-state index >= 15 is 0 Å². The Bertz CT molecular complexity index is 719. The lowest BCUT2D eigenvalue weighted by atomic mass is 10.1. The molecule has 114 valence electrons. The molecule has 1 atom stereocenters. The molecular weight excluding hydrogens is 372 g/mol. The standard InChI is InChI=1S/C15H12BrClN2O3/c1-9(10-2-5-12(16)6-3-10)18-15(20)11-4-7-13(17)14(8-11)19(21)22/h2-9H,1H3,(H,18,20). The molecule has 0 aliphatic rings.